The summed E-state index contributed by atoms with van der Waals surface area (Å²) in [4.78, 5) is 0. The molecule has 0 aromatic heterocycles. The molecule has 0 saturated carbocycles. The molecule has 90 valence electrons. The van der Waals surface area contributed by atoms with Gasteiger partial charge in [0, 0.05) is 11.6 Å². The second-order valence-corrected chi connectivity index (χ2v) is 3.73. The lowest BCUT2D eigenvalue weighted by Gasteiger charge is -2.10. The van der Waals surface area contributed by atoms with Crippen molar-refractivity contribution in [2.24, 2.45) is 0 Å². The molecule has 0 aliphatic heterocycles. The van der Waals surface area contributed by atoms with Gasteiger partial charge in [-0.1, -0.05) is 5.46 Å². The van der Waals surface area contributed by atoms with Crippen LogP contribution in [0.3, 0.4) is 0 Å². The molecule has 0 saturated heterocycles. The largest absolute Gasteiger partial charge is 0.497 e. The van der Waals surface area contributed by atoms with Crippen LogP contribution < -0.4 is 10.2 Å². The van der Waals surface area contributed by atoms with E-state index in [1.165, 1.54) is 13.2 Å². The fourth-order valence-electron chi connectivity index (χ4n) is 1.68. The summed E-state index contributed by atoms with van der Waals surface area (Å²) in [6.07, 6.45) is 0. The van der Waals surface area contributed by atoms with E-state index in [2.05, 4.69) is 0 Å². The third kappa shape index (κ3) is 2.35. The van der Waals surface area contributed by atoms with E-state index in [-0.39, 0.29) is 22.3 Å². The highest BCUT2D eigenvalue weighted by atomic mass is 19.1. The van der Waals surface area contributed by atoms with Gasteiger partial charge in [0.25, 0.3) is 0 Å². The minimum atomic E-state index is -0.778. The fourth-order valence-corrected chi connectivity index (χ4v) is 1.68. The number of ether oxygens (including phenoxy) is 1. The maximum Gasteiger partial charge on any atom is 0.130 e. The van der Waals surface area contributed by atoms with Gasteiger partial charge in [0.05, 0.1) is 7.11 Å². The molecule has 2 aromatic carbocycles. The average Bonchev–Trinajstić information content (AvgIpc) is 2.27. The standard InChI is InChI=1S/C13H8BF3O/c1-18-13-5-10(12(17)6-11(13)14)7-2-8(15)4-9(16)3-7/h2-6H,1H3. The summed E-state index contributed by atoms with van der Waals surface area (Å²) in [6.45, 7) is 0. The predicted molar refractivity (Wildman–Crippen MR) is 63.7 cm³/mol. The number of benzene rings is 2. The van der Waals surface area contributed by atoms with E-state index in [9.17, 15) is 13.2 Å². The summed E-state index contributed by atoms with van der Waals surface area (Å²) in [5.41, 5.74) is 0.235. The van der Waals surface area contributed by atoms with Gasteiger partial charge in [-0.05, 0) is 29.8 Å². The van der Waals surface area contributed by atoms with Crippen LogP contribution in [0.15, 0.2) is 30.3 Å². The van der Waals surface area contributed by atoms with Crippen molar-refractivity contribution in [1.82, 2.24) is 0 Å². The van der Waals surface area contributed by atoms with Crippen LogP contribution in [0.25, 0.3) is 11.1 Å². The third-order valence-corrected chi connectivity index (χ3v) is 2.49. The van der Waals surface area contributed by atoms with Gasteiger partial charge < -0.3 is 4.74 Å². The van der Waals surface area contributed by atoms with E-state index in [1.54, 1.807) is 0 Å². The zero-order valence-electron chi connectivity index (χ0n) is 9.51. The Bertz CT molecular complexity index is 579. The molecule has 0 amide bonds. The van der Waals surface area contributed by atoms with Crippen molar-refractivity contribution < 1.29 is 17.9 Å². The van der Waals surface area contributed by atoms with E-state index in [1.807, 2.05) is 0 Å². The lowest BCUT2D eigenvalue weighted by molar-refractivity contribution is 0.417. The molecule has 18 heavy (non-hydrogen) atoms. The first-order chi connectivity index (χ1) is 8.51. The molecule has 0 bridgehead atoms. The maximum atomic E-state index is 13.7. The Hall–Kier alpha value is -1.91. The van der Waals surface area contributed by atoms with Crippen LogP contribution in [0.5, 0.6) is 5.75 Å². The Morgan fingerprint density at radius 3 is 2.11 bits per heavy atom. The predicted octanol–water partition coefficient (Wildman–Crippen LogP) is 2.57. The molecule has 0 atom stereocenters. The highest BCUT2D eigenvalue weighted by Gasteiger charge is 2.11. The average molecular weight is 248 g/mol. The van der Waals surface area contributed by atoms with E-state index < -0.39 is 17.5 Å². The molecular formula is C13H8BF3O. The Balaban J connectivity index is 2.62. The van der Waals surface area contributed by atoms with Crippen LogP contribution in [0.2, 0.25) is 0 Å². The summed E-state index contributed by atoms with van der Waals surface area (Å²) >= 11 is 0. The smallest absolute Gasteiger partial charge is 0.130 e. The summed E-state index contributed by atoms with van der Waals surface area (Å²) in [6, 6.07) is 5.15. The Morgan fingerprint density at radius 2 is 1.56 bits per heavy atom. The summed E-state index contributed by atoms with van der Waals surface area (Å²) in [5, 5.41) is 0. The van der Waals surface area contributed by atoms with Crippen molar-refractivity contribution in [1.29, 1.82) is 0 Å². The summed E-state index contributed by atoms with van der Waals surface area (Å²) in [7, 11) is 6.90. The van der Waals surface area contributed by atoms with Gasteiger partial charge in [-0.2, -0.15) is 0 Å². The first-order valence-corrected chi connectivity index (χ1v) is 5.10. The van der Waals surface area contributed by atoms with E-state index in [0.717, 1.165) is 24.3 Å². The van der Waals surface area contributed by atoms with Gasteiger partial charge in [0.1, 0.15) is 31.0 Å². The van der Waals surface area contributed by atoms with Crippen LogP contribution in [0, 0.1) is 17.5 Å². The van der Waals surface area contributed by atoms with Gasteiger partial charge in [0.2, 0.25) is 0 Å². The fraction of sp³-hybridized carbons (Fsp3) is 0.0769. The monoisotopic (exact) mass is 248 g/mol. The molecule has 2 rings (SSSR count). The number of rotatable bonds is 2. The molecule has 0 aliphatic carbocycles. The van der Waals surface area contributed by atoms with Crippen LogP contribution >= 0.6 is 0 Å². The second-order valence-electron chi connectivity index (χ2n) is 3.73. The van der Waals surface area contributed by atoms with E-state index >= 15 is 0 Å². The molecule has 0 spiro atoms. The molecule has 0 N–H and O–H groups in total. The van der Waals surface area contributed by atoms with Crippen LogP contribution in [-0.4, -0.2) is 15.0 Å². The van der Waals surface area contributed by atoms with Crippen molar-refractivity contribution in [3.63, 3.8) is 0 Å². The number of methoxy groups -OCH3 is 1. The molecule has 2 aromatic rings. The van der Waals surface area contributed by atoms with Gasteiger partial charge in [-0.25, -0.2) is 13.2 Å². The Kier molecular flexibility index (Phi) is 3.32. The first-order valence-electron chi connectivity index (χ1n) is 5.10. The molecule has 0 aliphatic rings. The van der Waals surface area contributed by atoms with Crippen molar-refractivity contribution in [3.05, 3.63) is 47.8 Å². The molecule has 2 radical (unpaired) electrons. The van der Waals surface area contributed by atoms with Gasteiger partial charge in [0.15, 0.2) is 0 Å². The number of halogens is 3. The molecule has 0 heterocycles. The minimum absolute atomic E-state index is 0.0273. The number of hydrogen-bond acceptors (Lipinski definition) is 1. The van der Waals surface area contributed by atoms with Crippen LogP contribution in [0.4, 0.5) is 13.2 Å². The normalized spacial score (nSPS) is 10.4. The third-order valence-electron chi connectivity index (χ3n) is 2.49. The molecule has 0 fully saturated rings. The minimum Gasteiger partial charge on any atom is -0.497 e. The highest BCUT2D eigenvalue weighted by Crippen LogP contribution is 2.27. The lowest BCUT2D eigenvalue weighted by atomic mass is 9.91. The quantitative estimate of drug-likeness (QED) is 0.742. The van der Waals surface area contributed by atoms with Gasteiger partial charge in [-0.15, -0.1) is 0 Å². The first kappa shape index (κ1) is 12.5. The van der Waals surface area contributed by atoms with Gasteiger partial charge in [-0.3, -0.25) is 0 Å². The van der Waals surface area contributed by atoms with Crippen molar-refractivity contribution in [2.75, 3.05) is 7.11 Å². The van der Waals surface area contributed by atoms with Gasteiger partial charge >= 0.3 is 0 Å². The maximum absolute atomic E-state index is 13.7. The zero-order valence-corrected chi connectivity index (χ0v) is 9.51. The summed E-state index contributed by atoms with van der Waals surface area (Å²) in [5.74, 6) is -1.98. The Morgan fingerprint density at radius 1 is 0.944 bits per heavy atom. The van der Waals surface area contributed by atoms with Crippen molar-refractivity contribution in [2.45, 2.75) is 0 Å². The molecule has 1 nitrogen and oxygen atoms in total. The lowest BCUT2D eigenvalue weighted by Crippen LogP contribution is -2.08. The molecular weight excluding hydrogens is 240 g/mol. The number of hydrogen-bond donors (Lipinski definition) is 0. The topological polar surface area (TPSA) is 9.23 Å². The Labute approximate surface area is 104 Å². The van der Waals surface area contributed by atoms with E-state index in [4.69, 9.17) is 12.6 Å². The van der Waals surface area contributed by atoms with Crippen LogP contribution in [0.1, 0.15) is 0 Å². The molecule has 5 heteroatoms. The van der Waals surface area contributed by atoms with E-state index in [0.29, 0.717) is 0 Å². The van der Waals surface area contributed by atoms with Crippen molar-refractivity contribution >= 4 is 13.3 Å². The van der Waals surface area contributed by atoms with Crippen molar-refractivity contribution in [3.8, 4) is 16.9 Å². The van der Waals surface area contributed by atoms with Crippen LogP contribution in [-0.2, 0) is 0 Å². The summed E-state index contributed by atoms with van der Waals surface area (Å²) < 4.78 is 44.9. The highest BCUT2D eigenvalue weighted by molar-refractivity contribution is 6.34. The zero-order chi connectivity index (χ0) is 13.3. The molecule has 0 unspecified atom stereocenters. The second kappa shape index (κ2) is 4.76. The SMILES string of the molecule is [B]c1cc(F)c(-c2cc(F)cc(F)c2)cc1OC.